The first-order valence-corrected chi connectivity index (χ1v) is 7.92. The monoisotopic (exact) mass is 268 g/mol. The highest BCUT2D eigenvalue weighted by Crippen LogP contribution is 2.37. The van der Waals surface area contributed by atoms with Gasteiger partial charge in [-0.3, -0.25) is 4.79 Å². The molecule has 1 amide bonds. The zero-order valence-corrected chi connectivity index (χ0v) is 13.2. The van der Waals surface area contributed by atoms with E-state index < -0.39 is 0 Å². The quantitative estimate of drug-likeness (QED) is 0.804. The number of hydrogen-bond donors (Lipinski definition) is 2. The molecule has 1 rings (SSSR count). The second-order valence-electron chi connectivity index (χ2n) is 7.12. The molecule has 0 aromatic heterocycles. The van der Waals surface area contributed by atoms with Crippen molar-refractivity contribution >= 4 is 5.91 Å². The number of unbranched alkanes of at least 4 members (excludes halogenated alkanes) is 1. The summed E-state index contributed by atoms with van der Waals surface area (Å²) >= 11 is 0. The van der Waals surface area contributed by atoms with Crippen LogP contribution in [0.5, 0.6) is 0 Å². The third kappa shape index (κ3) is 5.13. The fraction of sp³-hybridized carbons (Fsp3) is 0.938. The van der Waals surface area contributed by atoms with Gasteiger partial charge in [-0.1, -0.05) is 53.4 Å². The van der Waals surface area contributed by atoms with E-state index in [9.17, 15) is 4.79 Å². The number of carbonyl (C=O) groups is 1. The van der Waals surface area contributed by atoms with Gasteiger partial charge in [-0.05, 0) is 30.6 Å². The molecule has 3 heteroatoms. The molecule has 3 N–H and O–H groups in total. The second kappa shape index (κ2) is 7.28. The second-order valence-corrected chi connectivity index (χ2v) is 7.12. The largest absolute Gasteiger partial charge is 0.352 e. The SMILES string of the molecule is CCCC[C@H](N)C(=O)NC1CCCCC1C(C)(C)C. The van der Waals surface area contributed by atoms with Gasteiger partial charge in [-0.15, -0.1) is 0 Å². The van der Waals surface area contributed by atoms with Crippen molar-refractivity contribution in [3.05, 3.63) is 0 Å². The number of hydrogen-bond acceptors (Lipinski definition) is 2. The van der Waals surface area contributed by atoms with Crippen molar-refractivity contribution in [2.45, 2.75) is 84.7 Å². The van der Waals surface area contributed by atoms with Crippen LogP contribution in [-0.4, -0.2) is 18.0 Å². The van der Waals surface area contributed by atoms with Crippen molar-refractivity contribution in [3.63, 3.8) is 0 Å². The Kier molecular flexibility index (Phi) is 6.31. The van der Waals surface area contributed by atoms with Gasteiger partial charge in [-0.25, -0.2) is 0 Å². The molecule has 0 radical (unpaired) electrons. The van der Waals surface area contributed by atoms with Gasteiger partial charge in [-0.2, -0.15) is 0 Å². The van der Waals surface area contributed by atoms with Crippen LogP contribution in [0.2, 0.25) is 0 Å². The lowest BCUT2D eigenvalue weighted by Gasteiger charge is -2.41. The summed E-state index contributed by atoms with van der Waals surface area (Å²) < 4.78 is 0. The first-order valence-electron chi connectivity index (χ1n) is 7.92. The smallest absolute Gasteiger partial charge is 0.237 e. The van der Waals surface area contributed by atoms with Crippen molar-refractivity contribution in [2.24, 2.45) is 17.1 Å². The molecule has 3 atom stereocenters. The number of nitrogens with one attached hydrogen (secondary N) is 1. The van der Waals surface area contributed by atoms with Crippen LogP contribution in [0, 0.1) is 11.3 Å². The molecule has 1 saturated carbocycles. The number of carbonyl (C=O) groups excluding carboxylic acids is 1. The molecular formula is C16H32N2O. The Morgan fingerprint density at radius 1 is 1.32 bits per heavy atom. The highest BCUT2D eigenvalue weighted by Gasteiger charge is 2.35. The lowest BCUT2D eigenvalue weighted by atomic mass is 9.69. The van der Waals surface area contributed by atoms with Gasteiger partial charge in [0.05, 0.1) is 6.04 Å². The Morgan fingerprint density at radius 2 is 1.95 bits per heavy atom. The Labute approximate surface area is 118 Å². The molecule has 1 aliphatic carbocycles. The van der Waals surface area contributed by atoms with Crippen molar-refractivity contribution in [2.75, 3.05) is 0 Å². The molecule has 19 heavy (non-hydrogen) atoms. The van der Waals surface area contributed by atoms with Gasteiger partial charge >= 0.3 is 0 Å². The molecule has 0 spiro atoms. The minimum atomic E-state index is -0.331. The minimum Gasteiger partial charge on any atom is -0.352 e. The zero-order valence-electron chi connectivity index (χ0n) is 13.2. The van der Waals surface area contributed by atoms with Crippen LogP contribution in [-0.2, 0) is 4.79 Å². The van der Waals surface area contributed by atoms with E-state index in [2.05, 4.69) is 33.0 Å². The molecule has 0 aromatic carbocycles. The fourth-order valence-electron chi connectivity index (χ4n) is 3.19. The third-order valence-corrected chi connectivity index (χ3v) is 4.41. The Balaban J connectivity index is 2.55. The number of rotatable bonds is 5. The van der Waals surface area contributed by atoms with E-state index in [1.54, 1.807) is 0 Å². The van der Waals surface area contributed by atoms with E-state index in [1.165, 1.54) is 19.3 Å². The van der Waals surface area contributed by atoms with Crippen LogP contribution in [0.15, 0.2) is 0 Å². The molecule has 1 fully saturated rings. The first-order chi connectivity index (χ1) is 8.86. The summed E-state index contributed by atoms with van der Waals surface area (Å²) in [7, 11) is 0. The van der Waals surface area contributed by atoms with Crippen LogP contribution >= 0.6 is 0 Å². The van der Waals surface area contributed by atoms with Gasteiger partial charge in [0.15, 0.2) is 0 Å². The van der Waals surface area contributed by atoms with E-state index in [0.717, 1.165) is 25.7 Å². The Hall–Kier alpha value is -0.570. The summed E-state index contributed by atoms with van der Waals surface area (Å²) in [6.45, 7) is 8.96. The van der Waals surface area contributed by atoms with E-state index in [1.807, 2.05) is 0 Å². The molecule has 0 heterocycles. The molecule has 0 aliphatic heterocycles. The first kappa shape index (κ1) is 16.5. The van der Waals surface area contributed by atoms with Gasteiger partial charge in [0.2, 0.25) is 5.91 Å². The molecule has 112 valence electrons. The van der Waals surface area contributed by atoms with E-state index in [4.69, 9.17) is 5.73 Å². The van der Waals surface area contributed by atoms with Gasteiger partial charge in [0, 0.05) is 6.04 Å². The summed E-state index contributed by atoms with van der Waals surface area (Å²) in [5.74, 6) is 0.623. The summed E-state index contributed by atoms with van der Waals surface area (Å²) in [4.78, 5) is 12.2. The standard InChI is InChI=1S/C16H32N2O/c1-5-6-10-13(17)15(19)18-14-11-8-7-9-12(14)16(2,3)4/h12-14H,5-11,17H2,1-4H3,(H,18,19)/t12?,13-,14?/m0/s1. The van der Waals surface area contributed by atoms with Crippen molar-refractivity contribution in [3.8, 4) is 0 Å². The van der Waals surface area contributed by atoms with Crippen molar-refractivity contribution < 1.29 is 4.79 Å². The topological polar surface area (TPSA) is 55.1 Å². The van der Waals surface area contributed by atoms with E-state index in [0.29, 0.717) is 12.0 Å². The highest BCUT2D eigenvalue weighted by molar-refractivity contribution is 5.81. The molecule has 0 bridgehead atoms. The fourth-order valence-corrected chi connectivity index (χ4v) is 3.19. The lowest BCUT2D eigenvalue weighted by molar-refractivity contribution is -0.124. The van der Waals surface area contributed by atoms with E-state index in [-0.39, 0.29) is 17.4 Å². The summed E-state index contributed by atoms with van der Waals surface area (Å²) in [5, 5.41) is 3.22. The molecular weight excluding hydrogens is 236 g/mol. The van der Waals surface area contributed by atoms with Gasteiger partial charge in [0.25, 0.3) is 0 Å². The average molecular weight is 268 g/mol. The van der Waals surface area contributed by atoms with Crippen LogP contribution < -0.4 is 11.1 Å². The third-order valence-electron chi connectivity index (χ3n) is 4.41. The van der Waals surface area contributed by atoms with Gasteiger partial charge < -0.3 is 11.1 Å². The normalized spacial score (nSPS) is 25.9. The van der Waals surface area contributed by atoms with E-state index >= 15 is 0 Å². The highest BCUT2D eigenvalue weighted by atomic mass is 16.2. The van der Waals surface area contributed by atoms with Gasteiger partial charge in [0.1, 0.15) is 0 Å². The summed E-state index contributed by atoms with van der Waals surface area (Å²) in [6.07, 6.45) is 7.76. The summed E-state index contributed by atoms with van der Waals surface area (Å²) in [6, 6.07) is -0.0172. The molecule has 2 unspecified atom stereocenters. The maximum Gasteiger partial charge on any atom is 0.237 e. The van der Waals surface area contributed by atoms with Crippen LogP contribution in [0.1, 0.15) is 72.6 Å². The minimum absolute atomic E-state index is 0.0506. The average Bonchev–Trinajstić information content (AvgIpc) is 2.35. The predicted molar refractivity (Wildman–Crippen MR) is 80.8 cm³/mol. The molecule has 1 aliphatic rings. The Morgan fingerprint density at radius 3 is 2.53 bits per heavy atom. The van der Waals surface area contributed by atoms with Crippen molar-refractivity contribution in [1.29, 1.82) is 0 Å². The number of nitrogens with two attached hydrogens (primary N) is 1. The van der Waals surface area contributed by atoms with Crippen LogP contribution in [0.25, 0.3) is 0 Å². The molecule has 0 saturated heterocycles. The molecule has 3 nitrogen and oxygen atoms in total. The maximum atomic E-state index is 12.2. The lowest BCUT2D eigenvalue weighted by Crippen LogP contribution is -2.51. The number of amides is 1. The predicted octanol–water partition coefficient (Wildman–Crippen LogP) is 3.23. The van der Waals surface area contributed by atoms with Crippen LogP contribution in [0.4, 0.5) is 0 Å². The van der Waals surface area contributed by atoms with Crippen molar-refractivity contribution in [1.82, 2.24) is 5.32 Å². The molecule has 0 aromatic rings. The summed E-state index contributed by atoms with van der Waals surface area (Å²) in [5.41, 5.74) is 6.22. The zero-order chi connectivity index (χ0) is 14.5. The maximum absolute atomic E-state index is 12.2. The van der Waals surface area contributed by atoms with Crippen LogP contribution in [0.3, 0.4) is 0 Å². The Bertz CT molecular complexity index is 283.